The maximum Gasteiger partial charge on any atom is 0.249 e. The molecule has 1 atom stereocenters. The van der Waals surface area contributed by atoms with E-state index in [1.54, 1.807) is 0 Å². The van der Waals surface area contributed by atoms with Crippen LogP contribution in [0.2, 0.25) is 0 Å². The second-order valence-electron chi connectivity index (χ2n) is 6.68. The summed E-state index contributed by atoms with van der Waals surface area (Å²) in [5.41, 5.74) is -0.614. The second kappa shape index (κ2) is 6.63. The number of carbonyl (C=O) groups excluding carboxylic acids is 2. The summed E-state index contributed by atoms with van der Waals surface area (Å²) in [4.78, 5) is 27.5. The van der Waals surface area contributed by atoms with Gasteiger partial charge >= 0.3 is 0 Å². The smallest absolute Gasteiger partial charge is 0.249 e. The molecule has 1 heterocycles. The molecule has 118 valence electrons. The first kappa shape index (κ1) is 16.1. The summed E-state index contributed by atoms with van der Waals surface area (Å²) < 4.78 is 0. The third-order valence-electron chi connectivity index (χ3n) is 4.75. The maximum absolute atomic E-state index is 13.0. The molecule has 1 N–H and O–H groups in total. The van der Waals surface area contributed by atoms with Gasteiger partial charge < -0.3 is 10.2 Å². The van der Waals surface area contributed by atoms with E-state index in [2.05, 4.69) is 11.4 Å². The van der Waals surface area contributed by atoms with Crippen molar-refractivity contribution < 1.29 is 9.59 Å². The van der Waals surface area contributed by atoms with E-state index in [4.69, 9.17) is 0 Å². The molecule has 1 saturated carbocycles. The van der Waals surface area contributed by atoms with Crippen LogP contribution in [-0.2, 0) is 9.59 Å². The lowest BCUT2D eigenvalue weighted by atomic mass is 9.77. The number of hydrogen-bond donors (Lipinski definition) is 1. The molecule has 1 spiro atoms. The van der Waals surface area contributed by atoms with Gasteiger partial charge in [-0.15, -0.1) is 0 Å². The number of nitrogens with zero attached hydrogens (tertiary/aromatic N) is 1. The molecule has 2 amide bonds. The van der Waals surface area contributed by atoms with Gasteiger partial charge in [0, 0.05) is 6.54 Å². The first-order valence-corrected chi connectivity index (χ1v) is 8.26. The van der Waals surface area contributed by atoms with Crippen molar-refractivity contribution >= 4 is 11.8 Å². The fraction of sp³-hybridized carbons (Fsp3) is 0.765. The molecular weight excluding hydrogens is 264 g/mol. The molecule has 1 aliphatic carbocycles. The van der Waals surface area contributed by atoms with Crippen LogP contribution >= 0.6 is 0 Å². The van der Waals surface area contributed by atoms with Gasteiger partial charge in [-0.1, -0.05) is 45.3 Å². The van der Waals surface area contributed by atoms with E-state index in [1.165, 1.54) is 0 Å². The minimum atomic E-state index is -0.614. The number of piperazine rings is 1. The van der Waals surface area contributed by atoms with Gasteiger partial charge in [0.15, 0.2) is 0 Å². The van der Waals surface area contributed by atoms with Gasteiger partial charge in [0.1, 0.15) is 11.6 Å². The van der Waals surface area contributed by atoms with Crippen LogP contribution < -0.4 is 5.32 Å². The summed E-state index contributed by atoms with van der Waals surface area (Å²) in [6, 6.07) is -0.324. The Balaban J connectivity index is 2.24. The fourth-order valence-corrected chi connectivity index (χ4v) is 3.68. The molecule has 0 aromatic heterocycles. The molecule has 4 nitrogen and oxygen atoms in total. The predicted octanol–water partition coefficient (Wildman–Crippen LogP) is 2.64. The standard InChI is InChI=1S/C17H28N2O2/c1-4-5-9-12-19-14(13(2)3)15(20)18-17(16(19)21)10-7-6-8-11-17/h4-5,13-14H,6-12H2,1-3H3,(H,18,20)/b5-4+. The number of rotatable bonds is 4. The van der Waals surface area contributed by atoms with E-state index in [1.807, 2.05) is 31.7 Å². The average Bonchev–Trinajstić information content (AvgIpc) is 2.45. The van der Waals surface area contributed by atoms with Crippen molar-refractivity contribution in [3.63, 3.8) is 0 Å². The Morgan fingerprint density at radius 3 is 2.52 bits per heavy atom. The van der Waals surface area contributed by atoms with Crippen LogP contribution in [0.4, 0.5) is 0 Å². The Hall–Kier alpha value is -1.32. The molecule has 21 heavy (non-hydrogen) atoms. The molecule has 0 radical (unpaired) electrons. The third-order valence-corrected chi connectivity index (χ3v) is 4.75. The van der Waals surface area contributed by atoms with Crippen molar-refractivity contribution in [3.8, 4) is 0 Å². The number of hydrogen-bond acceptors (Lipinski definition) is 2. The quantitative estimate of drug-likeness (QED) is 0.810. The van der Waals surface area contributed by atoms with Gasteiger partial charge in [0.2, 0.25) is 11.8 Å². The SMILES string of the molecule is C/C=C/CCN1C(=O)C2(CCCCC2)NC(=O)C1C(C)C. The summed E-state index contributed by atoms with van der Waals surface area (Å²) in [6.07, 6.45) is 9.68. The van der Waals surface area contributed by atoms with Crippen molar-refractivity contribution in [1.29, 1.82) is 0 Å². The highest BCUT2D eigenvalue weighted by molar-refractivity contribution is 6.00. The van der Waals surface area contributed by atoms with E-state index in [-0.39, 0.29) is 23.8 Å². The lowest BCUT2D eigenvalue weighted by Gasteiger charge is -2.48. The molecule has 2 rings (SSSR count). The van der Waals surface area contributed by atoms with Gasteiger partial charge in [0.05, 0.1) is 0 Å². The van der Waals surface area contributed by atoms with Crippen LogP contribution in [0, 0.1) is 5.92 Å². The van der Waals surface area contributed by atoms with Crippen LogP contribution in [0.15, 0.2) is 12.2 Å². The molecule has 0 aromatic rings. The highest BCUT2D eigenvalue weighted by Gasteiger charge is 2.51. The normalized spacial score (nSPS) is 25.9. The van der Waals surface area contributed by atoms with E-state index >= 15 is 0 Å². The van der Waals surface area contributed by atoms with Gasteiger partial charge in [-0.05, 0) is 32.1 Å². The minimum Gasteiger partial charge on any atom is -0.340 e. The van der Waals surface area contributed by atoms with Crippen molar-refractivity contribution in [2.24, 2.45) is 5.92 Å². The molecule has 2 aliphatic rings. The van der Waals surface area contributed by atoms with Gasteiger partial charge in [-0.25, -0.2) is 0 Å². The Morgan fingerprint density at radius 1 is 1.29 bits per heavy atom. The number of amides is 2. The zero-order chi connectivity index (χ0) is 15.5. The van der Waals surface area contributed by atoms with Crippen molar-refractivity contribution in [1.82, 2.24) is 10.2 Å². The Kier molecular flexibility index (Phi) is 5.07. The van der Waals surface area contributed by atoms with Crippen molar-refractivity contribution in [3.05, 3.63) is 12.2 Å². The minimum absolute atomic E-state index is 0.0342. The summed E-state index contributed by atoms with van der Waals surface area (Å²) in [7, 11) is 0. The molecule has 2 fully saturated rings. The lowest BCUT2D eigenvalue weighted by Crippen LogP contribution is -2.71. The molecule has 1 unspecified atom stereocenters. The van der Waals surface area contributed by atoms with Crippen LogP contribution in [0.3, 0.4) is 0 Å². The molecule has 0 bridgehead atoms. The Labute approximate surface area is 128 Å². The van der Waals surface area contributed by atoms with Crippen LogP contribution in [0.25, 0.3) is 0 Å². The zero-order valence-corrected chi connectivity index (χ0v) is 13.5. The molecule has 4 heteroatoms. The number of carbonyl (C=O) groups is 2. The third kappa shape index (κ3) is 3.14. The van der Waals surface area contributed by atoms with E-state index in [0.29, 0.717) is 6.54 Å². The number of allylic oxidation sites excluding steroid dienone is 1. The van der Waals surface area contributed by atoms with Crippen molar-refractivity contribution in [2.75, 3.05) is 6.54 Å². The Morgan fingerprint density at radius 2 is 1.95 bits per heavy atom. The molecular formula is C17H28N2O2. The van der Waals surface area contributed by atoms with E-state index in [0.717, 1.165) is 38.5 Å². The highest BCUT2D eigenvalue weighted by atomic mass is 16.2. The average molecular weight is 292 g/mol. The molecule has 1 saturated heterocycles. The summed E-state index contributed by atoms with van der Waals surface area (Å²) in [5.74, 6) is 0.317. The van der Waals surface area contributed by atoms with E-state index in [9.17, 15) is 9.59 Å². The first-order valence-electron chi connectivity index (χ1n) is 8.26. The molecule has 1 aliphatic heterocycles. The fourth-order valence-electron chi connectivity index (χ4n) is 3.68. The lowest BCUT2D eigenvalue weighted by molar-refractivity contribution is -0.158. The van der Waals surface area contributed by atoms with Gasteiger partial charge in [-0.3, -0.25) is 9.59 Å². The van der Waals surface area contributed by atoms with Crippen LogP contribution in [0.1, 0.15) is 59.3 Å². The monoisotopic (exact) mass is 292 g/mol. The summed E-state index contributed by atoms with van der Waals surface area (Å²) in [5, 5.41) is 3.09. The van der Waals surface area contributed by atoms with Crippen molar-refractivity contribution in [2.45, 2.75) is 70.9 Å². The largest absolute Gasteiger partial charge is 0.340 e. The van der Waals surface area contributed by atoms with Gasteiger partial charge in [0.25, 0.3) is 0 Å². The van der Waals surface area contributed by atoms with E-state index < -0.39 is 5.54 Å². The molecule has 0 aromatic carbocycles. The highest BCUT2D eigenvalue weighted by Crippen LogP contribution is 2.34. The second-order valence-corrected chi connectivity index (χ2v) is 6.68. The van der Waals surface area contributed by atoms with Gasteiger partial charge in [-0.2, -0.15) is 0 Å². The first-order chi connectivity index (χ1) is 10.0. The zero-order valence-electron chi connectivity index (χ0n) is 13.5. The topological polar surface area (TPSA) is 49.4 Å². The summed E-state index contributed by atoms with van der Waals surface area (Å²) in [6.45, 7) is 6.65. The number of nitrogens with one attached hydrogen (secondary N) is 1. The Bertz CT molecular complexity index is 423. The van der Waals surface area contributed by atoms with Crippen LogP contribution in [0.5, 0.6) is 0 Å². The predicted molar refractivity (Wildman–Crippen MR) is 83.7 cm³/mol. The van der Waals surface area contributed by atoms with Crippen LogP contribution in [-0.4, -0.2) is 34.8 Å². The summed E-state index contributed by atoms with van der Waals surface area (Å²) >= 11 is 0. The maximum atomic E-state index is 13.0.